The first-order valence-corrected chi connectivity index (χ1v) is 12.2. The summed E-state index contributed by atoms with van der Waals surface area (Å²) in [5.74, 6) is -0.800. The molecule has 1 atom stereocenters. The van der Waals surface area contributed by atoms with E-state index in [1.54, 1.807) is 44.2 Å². The van der Waals surface area contributed by atoms with Gasteiger partial charge in [0.1, 0.15) is 6.61 Å². The van der Waals surface area contributed by atoms with Crippen LogP contribution in [0.4, 0.5) is 5.69 Å². The fraction of sp³-hybridized carbons (Fsp3) is 0.320. The molecular weight excluding hydrogens is 424 g/mol. The molecule has 0 unspecified atom stereocenters. The number of aryl methyl sites for hydroxylation is 1. The van der Waals surface area contributed by atoms with Gasteiger partial charge in [0.05, 0.1) is 10.9 Å². The van der Waals surface area contributed by atoms with Crippen molar-refractivity contribution in [1.29, 1.82) is 0 Å². The number of nitrogens with zero attached hydrogens (tertiary/aromatic N) is 1. The van der Waals surface area contributed by atoms with Gasteiger partial charge in [-0.2, -0.15) is 4.31 Å². The zero-order valence-electron chi connectivity index (χ0n) is 18.4. The van der Waals surface area contributed by atoms with E-state index in [4.69, 9.17) is 5.73 Å². The van der Waals surface area contributed by atoms with Gasteiger partial charge in [0, 0.05) is 12.2 Å². The molecule has 3 N–H and O–H groups in total. The van der Waals surface area contributed by atoms with E-state index in [0.29, 0.717) is 23.9 Å². The summed E-state index contributed by atoms with van der Waals surface area (Å²) in [5.41, 5.74) is 7.52. The van der Waals surface area contributed by atoms with Crippen LogP contribution in [-0.4, -0.2) is 42.8 Å². The van der Waals surface area contributed by atoms with Crippen LogP contribution < -0.4 is 5.73 Å². The highest BCUT2D eigenvalue weighted by atomic mass is 32.2. The molecule has 0 heterocycles. The van der Waals surface area contributed by atoms with Crippen LogP contribution in [0.1, 0.15) is 25.8 Å². The number of benzene rings is 3. The average molecular weight is 455 g/mol. The van der Waals surface area contributed by atoms with Crippen LogP contribution in [0.25, 0.3) is 10.8 Å². The van der Waals surface area contributed by atoms with Crippen molar-refractivity contribution >= 4 is 32.3 Å². The number of aliphatic hydroxyl groups is 1. The van der Waals surface area contributed by atoms with Gasteiger partial charge in [-0.1, -0.05) is 56.3 Å². The monoisotopic (exact) mass is 454 g/mol. The largest absolute Gasteiger partial charge is 0.399 e. The van der Waals surface area contributed by atoms with E-state index >= 15 is 0 Å². The van der Waals surface area contributed by atoms with E-state index in [2.05, 4.69) is 0 Å². The van der Waals surface area contributed by atoms with Crippen LogP contribution in [0.3, 0.4) is 0 Å². The van der Waals surface area contributed by atoms with Crippen LogP contribution in [0, 0.1) is 5.92 Å². The number of nitrogen functional groups attached to an aromatic ring is 1. The molecule has 0 saturated carbocycles. The minimum atomic E-state index is -4.00. The second-order valence-electron chi connectivity index (χ2n) is 8.29. The van der Waals surface area contributed by atoms with Crippen molar-refractivity contribution in [2.75, 3.05) is 18.9 Å². The molecule has 0 radical (unpaired) electrons. The number of fused-ring (bicyclic) bond motifs is 1. The van der Waals surface area contributed by atoms with Crippen LogP contribution in [0.5, 0.6) is 0 Å². The van der Waals surface area contributed by atoms with Crippen molar-refractivity contribution in [3.8, 4) is 0 Å². The molecule has 32 heavy (non-hydrogen) atoms. The maximum Gasteiger partial charge on any atom is 0.243 e. The van der Waals surface area contributed by atoms with Gasteiger partial charge >= 0.3 is 0 Å². The van der Waals surface area contributed by atoms with Gasteiger partial charge < -0.3 is 10.8 Å². The highest BCUT2D eigenvalue weighted by Crippen LogP contribution is 2.27. The molecule has 0 aliphatic carbocycles. The zero-order valence-corrected chi connectivity index (χ0v) is 19.3. The highest BCUT2D eigenvalue weighted by Gasteiger charge is 2.37. The SMILES string of the molecule is CC(C)[C@H](C(=O)CO)N(CCCc1ccccc1)S(=O)(=O)c1ccc2ccc(N)cc2c1. The Balaban J connectivity index is 1.98. The first kappa shape index (κ1) is 23.9. The molecule has 3 aromatic rings. The Morgan fingerprint density at radius 3 is 2.34 bits per heavy atom. The molecule has 3 aromatic carbocycles. The zero-order chi connectivity index (χ0) is 23.3. The summed E-state index contributed by atoms with van der Waals surface area (Å²) >= 11 is 0. The third-order valence-electron chi connectivity index (χ3n) is 5.56. The second kappa shape index (κ2) is 10.3. The first-order valence-electron chi connectivity index (χ1n) is 10.7. The number of rotatable bonds is 10. The average Bonchev–Trinajstić information content (AvgIpc) is 2.78. The molecule has 0 saturated heterocycles. The highest BCUT2D eigenvalue weighted by molar-refractivity contribution is 7.89. The van der Waals surface area contributed by atoms with Crippen LogP contribution >= 0.6 is 0 Å². The maximum atomic E-state index is 13.7. The van der Waals surface area contributed by atoms with Crippen LogP contribution in [-0.2, 0) is 21.2 Å². The van der Waals surface area contributed by atoms with Crippen molar-refractivity contribution in [2.45, 2.75) is 37.6 Å². The first-order chi connectivity index (χ1) is 15.2. The lowest BCUT2D eigenvalue weighted by molar-refractivity contribution is -0.126. The van der Waals surface area contributed by atoms with Gasteiger partial charge in [0.2, 0.25) is 10.0 Å². The molecule has 3 rings (SSSR count). The molecule has 7 heteroatoms. The number of Topliss-reactive ketones (excluding diaryl/α,β-unsaturated/α-hetero) is 1. The quantitative estimate of drug-likeness (QED) is 0.456. The van der Waals surface area contributed by atoms with Gasteiger partial charge in [-0.15, -0.1) is 0 Å². The lowest BCUT2D eigenvalue weighted by atomic mass is 10.00. The number of aliphatic hydroxyl groups excluding tert-OH is 1. The van der Waals surface area contributed by atoms with Crippen molar-refractivity contribution in [2.24, 2.45) is 5.92 Å². The Hall–Kier alpha value is -2.74. The van der Waals surface area contributed by atoms with E-state index in [1.165, 1.54) is 4.31 Å². The number of hydrogen-bond donors (Lipinski definition) is 2. The predicted molar refractivity (Wildman–Crippen MR) is 128 cm³/mol. The Kier molecular flexibility index (Phi) is 7.66. The van der Waals surface area contributed by atoms with E-state index < -0.39 is 28.5 Å². The Labute approximate surface area is 189 Å². The van der Waals surface area contributed by atoms with E-state index in [-0.39, 0.29) is 17.4 Å². The number of ketones is 1. The van der Waals surface area contributed by atoms with E-state index in [9.17, 15) is 18.3 Å². The van der Waals surface area contributed by atoms with Crippen LogP contribution in [0.15, 0.2) is 71.6 Å². The minimum Gasteiger partial charge on any atom is -0.399 e. The molecule has 6 nitrogen and oxygen atoms in total. The normalized spacial score (nSPS) is 13.0. The number of nitrogens with two attached hydrogens (primary N) is 1. The molecule has 170 valence electrons. The molecule has 0 aliphatic heterocycles. The molecule has 0 fully saturated rings. The molecule has 0 amide bonds. The summed E-state index contributed by atoms with van der Waals surface area (Å²) in [5, 5.41) is 11.1. The van der Waals surface area contributed by atoms with Crippen molar-refractivity contribution in [3.63, 3.8) is 0 Å². The van der Waals surface area contributed by atoms with Crippen LogP contribution in [0.2, 0.25) is 0 Å². The lowest BCUT2D eigenvalue weighted by Crippen LogP contribution is -2.49. The van der Waals surface area contributed by atoms with E-state index in [0.717, 1.165) is 10.9 Å². The summed E-state index contributed by atoms with van der Waals surface area (Å²) < 4.78 is 28.7. The van der Waals surface area contributed by atoms with Gasteiger partial charge in [0.15, 0.2) is 5.78 Å². The van der Waals surface area contributed by atoms with Gasteiger partial charge in [-0.05, 0) is 59.4 Å². The van der Waals surface area contributed by atoms with Crippen molar-refractivity contribution in [3.05, 3.63) is 72.3 Å². The third kappa shape index (κ3) is 5.35. The number of carbonyl (C=O) groups excluding carboxylic acids is 1. The molecule has 0 bridgehead atoms. The molecule has 0 aromatic heterocycles. The summed E-state index contributed by atoms with van der Waals surface area (Å²) in [7, 11) is -4.00. The third-order valence-corrected chi connectivity index (χ3v) is 7.43. The Bertz CT molecular complexity index is 1180. The summed E-state index contributed by atoms with van der Waals surface area (Å²) in [6.45, 7) is 3.04. The standard InChI is InChI=1S/C25H30N2O4S/c1-18(2)25(24(29)17-28)27(14-6-9-19-7-4-3-5-8-19)32(30,31)23-13-11-20-10-12-22(26)15-21(20)16-23/h3-5,7-8,10-13,15-16,18,25,28H,6,9,14,17,26H2,1-2H3/t25-/m1/s1. The number of anilines is 1. The second-order valence-corrected chi connectivity index (χ2v) is 10.2. The number of carbonyl (C=O) groups is 1. The maximum absolute atomic E-state index is 13.7. The van der Waals surface area contributed by atoms with E-state index in [1.807, 2.05) is 36.4 Å². The summed E-state index contributed by atoms with van der Waals surface area (Å²) in [4.78, 5) is 12.7. The summed E-state index contributed by atoms with van der Waals surface area (Å²) in [6.07, 6.45) is 1.23. The Morgan fingerprint density at radius 2 is 1.69 bits per heavy atom. The molecule has 0 spiro atoms. The Morgan fingerprint density at radius 1 is 1.00 bits per heavy atom. The molecule has 0 aliphatic rings. The predicted octanol–water partition coefficient (Wildman–Crippen LogP) is 3.63. The topological polar surface area (TPSA) is 101 Å². The number of hydrogen-bond acceptors (Lipinski definition) is 5. The summed E-state index contributed by atoms with van der Waals surface area (Å²) in [6, 6.07) is 19.1. The smallest absolute Gasteiger partial charge is 0.243 e. The van der Waals surface area contributed by atoms with Gasteiger partial charge in [-0.25, -0.2) is 8.42 Å². The minimum absolute atomic E-state index is 0.103. The molecular formula is C25H30N2O4S. The van der Waals surface area contributed by atoms with Crippen molar-refractivity contribution < 1.29 is 18.3 Å². The number of sulfonamides is 1. The fourth-order valence-electron chi connectivity index (χ4n) is 3.99. The van der Waals surface area contributed by atoms with Gasteiger partial charge in [0.25, 0.3) is 0 Å². The van der Waals surface area contributed by atoms with Gasteiger partial charge in [-0.3, -0.25) is 4.79 Å². The fourth-order valence-corrected chi connectivity index (χ4v) is 5.81. The lowest BCUT2D eigenvalue weighted by Gasteiger charge is -2.32. The van der Waals surface area contributed by atoms with Crippen molar-refractivity contribution in [1.82, 2.24) is 4.31 Å².